The van der Waals surface area contributed by atoms with Crippen molar-refractivity contribution in [3.8, 4) is 0 Å². The minimum absolute atomic E-state index is 0.289. The Morgan fingerprint density at radius 1 is 1.46 bits per heavy atom. The highest BCUT2D eigenvalue weighted by Gasteiger charge is 2.24. The van der Waals surface area contributed by atoms with Crippen LogP contribution in [0.25, 0.3) is 0 Å². The topological polar surface area (TPSA) is 77.7 Å². The lowest BCUT2D eigenvalue weighted by molar-refractivity contribution is 0.0672. The molecule has 2 rings (SSSR count). The van der Waals surface area contributed by atoms with Crippen LogP contribution in [0.1, 0.15) is 45.6 Å². The Balaban J connectivity index is 1.78. The van der Waals surface area contributed by atoms with E-state index < -0.39 is 5.60 Å². The third-order valence-electron chi connectivity index (χ3n) is 4.90. The van der Waals surface area contributed by atoms with Gasteiger partial charge in [0.05, 0.1) is 12.7 Å². The number of aliphatic imine (C=N–C) groups is 1. The SMILES string of the molecule is CCNC(=NCC(C)(O)c1cnn(C)c1)NCCCN1CCCC(C)C1. The van der Waals surface area contributed by atoms with Crippen molar-refractivity contribution >= 4 is 5.96 Å². The zero-order valence-corrected chi connectivity index (χ0v) is 16.8. The van der Waals surface area contributed by atoms with E-state index in [-0.39, 0.29) is 6.54 Å². The first-order chi connectivity index (χ1) is 12.4. The van der Waals surface area contributed by atoms with Gasteiger partial charge in [0, 0.05) is 38.4 Å². The van der Waals surface area contributed by atoms with Crippen molar-refractivity contribution in [1.82, 2.24) is 25.3 Å². The molecule has 0 radical (unpaired) electrons. The monoisotopic (exact) mass is 364 g/mol. The molecular formula is C19H36N6O. The van der Waals surface area contributed by atoms with Gasteiger partial charge in [-0.2, -0.15) is 5.10 Å². The van der Waals surface area contributed by atoms with Gasteiger partial charge >= 0.3 is 0 Å². The van der Waals surface area contributed by atoms with Gasteiger partial charge < -0.3 is 20.6 Å². The molecule has 0 aliphatic carbocycles. The number of hydrogen-bond acceptors (Lipinski definition) is 4. The van der Waals surface area contributed by atoms with E-state index in [1.165, 1.54) is 25.9 Å². The van der Waals surface area contributed by atoms with Gasteiger partial charge in [-0.25, -0.2) is 4.99 Å². The van der Waals surface area contributed by atoms with Crippen LogP contribution in [0.3, 0.4) is 0 Å². The van der Waals surface area contributed by atoms with Crippen molar-refractivity contribution in [2.45, 2.75) is 45.6 Å². The number of likely N-dealkylation sites (tertiary alicyclic amines) is 1. The second-order valence-electron chi connectivity index (χ2n) is 7.70. The first kappa shape index (κ1) is 20.7. The number of nitrogens with one attached hydrogen (secondary N) is 2. The fourth-order valence-corrected chi connectivity index (χ4v) is 3.36. The molecule has 148 valence electrons. The Bertz CT molecular complexity index is 568. The van der Waals surface area contributed by atoms with Gasteiger partial charge in [0.1, 0.15) is 5.60 Å². The van der Waals surface area contributed by atoms with Crippen molar-refractivity contribution in [2.24, 2.45) is 18.0 Å². The molecule has 0 aromatic carbocycles. The molecular weight excluding hydrogens is 328 g/mol. The van der Waals surface area contributed by atoms with Gasteiger partial charge in [-0.1, -0.05) is 6.92 Å². The van der Waals surface area contributed by atoms with Gasteiger partial charge in [0.15, 0.2) is 5.96 Å². The van der Waals surface area contributed by atoms with Gasteiger partial charge in [-0.3, -0.25) is 4.68 Å². The van der Waals surface area contributed by atoms with Crippen LogP contribution >= 0.6 is 0 Å². The van der Waals surface area contributed by atoms with Crippen molar-refractivity contribution in [2.75, 3.05) is 39.3 Å². The summed E-state index contributed by atoms with van der Waals surface area (Å²) in [6.07, 6.45) is 7.30. The van der Waals surface area contributed by atoms with E-state index in [1.54, 1.807) is 17.8 Å². The third kappa shape index (κ3) is 6.61. The molecule has 0 spiro atoms. The summed E-state index contributed by atoms with van der Waals surface area (Å²) >= 11 is 0. The molecule has 2 heterocycles. The Morgan fingerprint density at radius 2 is 2.27 bits per heavy atom. The zero-order chi connectivity index (χ0) is 19.0. The summed E-state index contributed by atoms with van der Waals surface area (Å²) in [7, 11) is 1.84. The summed E-state index contributed by atoms with van der Waals surface area (Å²) in [5, 5.41) is 21.4. The van der Waals surface area contributed by atoms with E-state index in [2.05, 4.69) is 32.5 Å². The van der Waals surface area contributed by atoms with Crippen molar-refractivity contribution < 1.29 is 5.11 Å². The Morgan fingerprint density at radius 3 is 2.92 bits per heavy atom. The molecule has 1 saturated heterocycles. The largest absolute Gasteiger partial charge is 0.383 e. The summed E-state index contributed by atoms with van der Waals surface area (Å²) in [5.74, 6) is 1.58. The third-order valence-corrected chi connectivity index (χ3v) is 4.90. The molecule has 1 aliphatic rings. The second kappa shape index (κ2) is 9.92. The van der Waals surface area contributed by atoms with E-state index in [4.69, 9.17) is 0 Å². The molecule has 1 aromatic heterocycles. The molecule has 0 saturated carbocycles. The molecule has 2 atom stereocenters. The molecule has 1 aliphatic heterocycles. The molecule has 0 amide bonds. The summed E-state index contributed by atoms with van der Waals surface area (Å²) in [5.41, 5.74) is -0.251. The number of rotatable bonds is 8. The first-order valence-corrected chi connectivity index (χ1v) is 9.86. The maximum atomic E-state index is 10.7. The molecule has 0 bridgehead atoms. The van der Waals surface area contributed by atoms with Gasteiger partial charge in [0.25, 0.3) is 0 Å². The lowest BCUT2D eigenvalue weighted by Crippen LogP contribution is -2.41. The number of guanidine groups is 1. The molecule has 26 heavy (non-hydrogen) atoms. The minimum Gasteiger partial charge on any atom is -0.383 e. The normalized spacial score (nSPS) is 21.4. The second-order valence-corrected chi connectivity index (χ2v) is 7.70. The molecule has 2 unspecified atom stereocenters. The van der Waals surface area contributed by atoms with E-state index in [9.17, 15) is 5.11 Å². The van der Waals surface area contributed by atoms with Crippen molar-refractivity contribution in [1.29, 1.82) is 0 Å². The molecule has 7 heteroatoms. The standard InChI is InChI=1S/C19H36N6O/c1-5-20-18(21-9-7-11-25-10-6-8-16(2)13-25)22-15-19(3,26)17-12-23-24(4)14-17/h12,14,16,26H,5-11,13,15H2,1-4H3,(H2,20,21,22). The van der Waals surface area contributed by atoms with E-state index >= 15 is 0 Å². The van der Waals surface area contributed by atoms with Crippen LogP contribution in [0, 0.1) is 5.92 Å². The molecule has 3 N–H and O–H groups in total. The smallest absolute Gasteiger partial charge is 0.191 e. The number of piperidine rings is 1. The quantitative estimate of drug-likeness (QED) is 0.368. The lowest BCUT2D eigenvalue weighted by atomic mass is 10.0. The predicted molar refractivity (Wildman–Crippen MR) is 106 cm³/mol. The maximum absolute atomic E-state index is 10.7. The van der Waals surface area contributed by atoms with Gasteiger partial charge in [0.2, 0.25) is 0 Å². The summed E-state index contributed by atoms with van der Waals surface area (Å²) in [6, 6.07) is 0. The van der Waals surface area contributed by atoms with Gasteiger partial charge in [-0.15, -0.1) is 0 Å². The van der Waals surface area contributed by atoms with Crippen molar-refractivity contribution in [3.05, 3.63) is 18.0 Å². The highest BCUT2D eigenvalue weighted by atomic mass is 16.3. The fourth-order valence-electron chi connectivity index (χ4n) is 3.36. The van der Waals surface area contributed by atoms with Gasteiger partial charge in [-0.05, 0) is 52.1 Å². The number of aliphatic hydroxyl groups is 1. The van der Waals surface area contributed by atoms with E-state index in [0.717, 1.165) is 43.5 Å². The minimum atomic E-state index is -1.03. The zero-order valence-electron chi connectivity index (χ0n) is 16.8. The fraction of sp³-hybridized carbons (Fsp3) is 0.789. The van der Waals surface area contributed by atoms with Crippen LogP contribution in [-0.4, -0.2) is 65.0 Å². The Kier molecular flexibility index (Phi) is 7.90. The Labute approximate surface area is 157 Å². The molecule has 1 aromatic rings. The highest BCUT2D eigenvalue weighted by Crippen LogP contribution is 2.19. The van der Waals surface area contributed by atoms with Crippen LogP contribution in [0.4, 0.5) is 0 Å². The number of aromatic nitrogens is 2. The first-order valence-electron chi connectivity index (χ1n) is 9.86. The molecule has 1 fully saturated rings. The lowest BCUT2D eigenvalue weighted by Gasteiger charge is -2.30. The summed E-state index contributed by atoms with van der Waals surface area (Å²) < 4.78 is 1.69. The summed E-state index contributed by atoms with van der Waals surface area (Å²) in [4.78, 5) is 7.12. The van der Waals surface area contributed by atoms with Crippen LogP contribution in [-0.2, 0) is 12.6 Å². The van der Waals surface area contributed by atoms with Crippen LogP contribution in [0.2, 0.25) is 0 Å². The number of nitrogens with zero attached hydrogens (tertiary/aromatic N) is 4. The molecule has 7 nitrogen and oxygen atoms in total. The van der Waals surface area contributed by atoms with Crippen molar-refractivity contribution in [3.63, 3.8) is 0 Å². The van der Waals surface area contributed by atoms with Crippen LogP contribution < -0.4 is 10.6 Å². The number of aryl methyl sites for hydroxylation is 1. The average Bonchev–Trinajstić information content (AvgIpc) is 3.04. The maximum Gasteiger partial charge on any atom is 0.191 e. The Hall–Kier alpha value is -1.60. The average molecular weight is 365 g/mol. The number of hydrogen-bond donors (Lipinski definition) is 3. The highest BCUT2D eigenvalue weighted by molar-refractivity contribution is 5.79. The predicted octanol–water partition coefficient (Wildman–Crippen LogP) is 1.30. The van der Waals surface area contributed by atoms with E-state index in [0.29, 0.717) is 0 Å². The summed E-state index contributed by atoms with van der Waals surface area (Å²) in [6.45, 7) is 11.7. The van der Waals surface area contributed by atoms with Crippen LogP contribution in [0.5, 0.6) is 0 Å². The van der Waals surface area contributed by atoms with E-state index in [1.807, 2.05) is 20.2 Å². The van der Waals surface area contributed by atoms with Crippen LogP contribution in [0.15, 0.2) is 17.4 Å².